The van der Waals surface area contributed by atoms with Crippen molar-refractivity contribution in [2.45, 2.75) is 70.1 Å². The van der Waals surface area contributed by atoms with E-state index < -0.39 is 0 Å². The largest absolute Gasteiger partial charge is 0.307 e. The van der Waals surface area contributed by atoms with Crippen molar-refractivity contribution in [3.05, 3.63) is 0 Å². The molecule has 0 saturated carbocycles. The maximum atomic E-state index is 3.75. The zero-order valence-corrected chi connectivity index (χ0v) is 14.1. The van der Waals surface area contributed by atoms with Crippen molar-refractivity contribution in [1.82, 2.24) is 10.2 Å². The highest BCUT2D eigenvalue weighted by Crippen LogP contribution is 2.31. The molecule has 0 spiro atoms. The summed E-state index contributed by atoms with van der Waals surface area (Å²) in [4.78, 5) is 2.59. The third kappa shape index (κ3) is 4.19. The molecule has 0 aromatic rings. The normalized spacial score (nSPS) is 25.1. The van der Waals surface area contributed by atoms with Crippen LogP contribution in [0, 0.1) is 0 Å². The Morgan fingerprint density at radius 2 is 1.69 bits per heavy atom. The van der Waals surface area contributed by atoms with Crippen LogP contribution < -0.4 is 5.32 Å². The molecule has 3 heteroatoms. The third-order valence-electron chi connectivity index (χ3n) is 3.66. The first kappa shape index (κ1) is 14.2. The first-order chi connectivity index (χ1) is 7.26. The fourth-order valence-corrected chi connectivity index (χ4v) is 3.49. The average Bonchev–Trinajstić information content (AvgIpc) is 2.09. The van der Waals surface area contributed by atoms with Crippen molar-refractivity contribution in [3.8, 4) is 0 Å². The molecule has 1 rings (SSSR count). The van der Waals surface area contributed by atoms with E-state index in [9.17, 15) is 0 Å². The highest BCUT2D eigenvalue weighted by molar-refractivity contribution is 6.08. The second kappa shape index (κ2) is 5.19. The van der Waals surface area contributed by atoms with Crippen LogP contribution in [0.2, 0.25) is 6.04 Å². The third-order valence-corrected chi connectivity index (χ3v) is 4.36. The number of rotatable bonds is 4. The molecule has 0 atom stereocenters. The van der Waals surface area contributed by atoms with Crippen LogP contribution >= 0.6 is 0 Å². The van der Waals surface area contributed by atoms with Gasteiger partial charge >= 0.3 is 0 Å². The Bertz CT molecular complexity index is 210. The molecule has 0 amide bonds. The molecule has 2 nitrogen and oxygen atoms in total. The van der Waals surface area contributed by atoms with Gasteiger partial charge in [0.25, 0.3) is 0 Å². The van der Waals surface area contributed by atoms with Gasteiger partial charge in [-0.3, -0.25) is 0 Å². The molecule has 0 radical (unpaired) electrons. The Labute approximate surface area is 105 Å². The van der Waals surface area contributed by atoms with E-state index in [0.29, 0.717) is 0 Å². The van der Waals surface area contributed by atoms with Crippen LogP contribution in [0.4, 0.5) is 0 Å². The van der Waals surface area contributed by atoms with Crippen molar-refractivity contribution in [3.63, 3.8) is 0 Å². The number of hydrogen-bond donors (Lipinski definition) is 1. The van der Waals surface area contributed by atoms with Gasteiger partial charge in [0.15, 0.2) is 0 Å². The zero-order valence-electron chi connectivity index (χ0n) is 12.1. The van der Waals surface area contributed by atoms with Gasteiger partial charge in [-0.1, -0.05) is 6.04 Å². The SMILES string of the molecule is CN(CCC[SiH3])C1CC(C)(C)NC(C)(C)C1. The molecule has 0 aromatic carbocycles. The minimum atomic E-state index is 0.279. The van der Waals surface area contributed by atoms with Gasteiger partial charge in [0.05, 0.1) is 0 Å². The molecule has 1 aliphatic heterocycles. The first-order valence-corrected chi connectivity index (χ1v) is 8.17. The molecular weight excluding hydrogens is 212 g/mol. The van der Waals surface area contributed by atoms with E-state index in [2.05, 4.69) is 45.0 Å². The van der Waals surface area contributed by atoms with Crippen molar-refractivity contribution in [1.29, 1.82) is 0 Å². The lowest BCUT2D eigenvalue weighted by atomic mass is 9.79. The van der Waals surface area contributed by atoms with E-state index in [1.807, 2.05) is 0 Å². The summed E-state index contributed by atoms with van der Waals surface area (Å²) in [6.07, 6.45) is 3.93. The monoisotopic (exact) mass is 242 g/mol. The molecule has 96 valence electrons. The fourth-order valence-electron chi connectivity index (χ4n) is 3.17. The summed E-state index contributed by atoms with van der Waals surface area (Å²) in [7, 11) is 3.65. The Hall–Kier alpha value is 0.137. The second-order valence-electron chi connectivity index (χ2n) is 6.79. The summed E-state index contributed by atoms with van der Waals surface area (Å²) >= 11 is 0. The van der Waals surface area contributed by atoms with Gasteiger partial charge in [0.2, 0.25) is 0 Å². The lowest BCUT2D eigenvalue weighted by Crippen LogP contribution is -2.61. The number of nitrogens with one attached hydrogen (secondary N) is 1. The second-order valence-corrected chi connectivity index (χ2v) is 7.79. The van der Waals surface area contributed by atoms with Gasteiger partial charge in [0, 0.05) is 27.4 Å². The molecule has 0 aliphatic carbocycles. The summed E-state index contributed by atoms with van der Waals surface area (Å²) in [6, 6.07) is 2.18. The zero-order chi connectivity index (χ0) is 12.4. The van der Waals surface area contributed by atoms with Gasteiger partial charge in [-0.15, -0.1) is 0 Å². The number of hydrogen-bond acceptors (Lipinski definition) is 2. The Morgan fingerprint density at radius 1 is 1.19 bits per heavy atom. The first-order valence-electron chi connectivity index (χ1n) is 6.75. The minimum absolute atomic E-state index is 0.279. The predicted octanol–water partition coefficient (Wildman–Crippen LogP) is 1.40. The van der Waals surface area contributed by atoms with E-state index in [1.165, 1.54) is 42.1 Å². The van der Waals surface area contributed by atoms with E-state index in [4.69, 9.17) is 0 Å². The maximum absolute atomic E-state index is 3.75. The molecule has 0 bridgehead atoms. The molecule has 1 heterocycles. The van der Waals surface area contributed by atoms with Gasteiger partial charge in [-0.25, -0.2) is 0 Å². The van der Waals surface area contributed by atoms with Crippen LogP contribution in [-0.4, -0.2) is 45.9 Å². The van der Waals surface area contributed by atoms with Crippen molar-refractivity contribution < 1.29 is 0 Å². The molecule has 0 unspecified atom stereocenters. The smallest absolute Gasteiger partial charge is 0.0145 e. The predicted molar refractivity (Wildman–Crippen MR) is 76.3 cm³/mol. The van der Waals surface area contributed by atoms with E-state index >= 15 is 0 Å². The molecule has 1 N–H and O–H groups in total. The highest BCUT2D eigenvalue weighted by Gasteiger charge is 2.38. The van der Waals surface area contributed by atoms with Crippen LogP contribution in [0.1, 0.15) is 47.0 Å². The maximum Gasteiger partial charge on any atom is 0.0145 e. The Morgan fingerprint density at radius 3 is 2.12 bits per heavy atom. The van der Waals surface area contributed by atoms with Crippen LogP contribution in [0.15, 0.2) is 0 Å². The van der Waals surface area contributed by atoms with Crippen LogP contribution in [0.5, 0.6) is 0 Å². The summed E-state index contributed by atoms with van der Waals surface area (Å²) in [5, 5.41) is 3.75. The van der Waals surface area contributed by atoms with E-state index in [0.717, 1.165) is 6.04 Å². The van der Waals surface area contributed by atoms with Crippen LogP contribution in [0.25, 0.3) is 0 Å². The summed E-state index contributed by atoms with van der Waals surface area (Å²) in [6.45, 7) is 10.6. The van der Waals surface area contributed by atoms with Crippen LogP contribution in [-0.2, 0) is 0 Å². The molecule has 16 heavy (non-hydrogen) atoms. The lowest BCUT2D eigenvalue weighted by Gasteiger charge is -2.49. The minimum Gasteiger partial charge on any atom is -0.307 e. The van der Waals surface area contributed by atoms with Crippen LogP contribution in [0.3, 0.4) is 0 Å². The van der Waals surface area contributed by atoms with Gasteiger partial charge in [-0.2, -0.15) is 0 Å². The van der Waals surface area contributed by atoms with Crippen molar-refractivity contribution in [2.24, 2.45) is 0 Å². The quantitative estimate of drug-likeness (QED) is 0.750. The van der Waals surface area contributed by atoms with Crippen molar-refractivity contribution in [2.75, 3.05) is 13.6 Å². The van der Waals surface area contributed by atoms with Gasteiger partial charge in [0.1, 0.15) is 0 Å². The molecule has 1 saturated heterocycles. The molecule has 1 aliphatic rings. The number of piperidine rings is 1. The van der Waals surface area contributed by atoms with Gasteiger partial charge in [-0.05, 0) is 60.5 Å². The Kier molecular flexibility index (Phi) is 4.61. The number of nitrogens with zero attached hydrogens (tertiary/aromatic N) is 1. The summed E-state index contributed by atoms with van der Waals surface area (Å²) < 4.78 is 0. The van der Waals surface area contributed by atoms with E-state index in [-0.39, 0.29) is 11.1 Å². The lowest BCUT2D eigenvalue weighted by molar-refractivity contribution is 0.0817. The summed E-state index contributed by atoms with van der Waals surface area (Å²) in [5.74, 6) is 0. The standard InChI is InChI=1S/C13H30N2Si/c1-12(2)9-11(10-13(3,4)14-12)15(5)7-6-8-16/h11,14H,6-10H2,1-5,16H3. The Balaban J connectivity index is 2.59. The van der Waals surface area contributed by atoms with Gasteiger partial charge < -0.3 is 10.2 Å². The molecular formula is C13H30N2Si. The fraction of sp³-hybridized carbons (Fsp3) is 1.00. The van der Waals surface area contributed by atoms with Crippen molar-refractivity contribution >= 4 is 10.2 Å². The molecule has 1 fully saturated rings. The summed E-state index contributed by atoms with van der Waals surface area (Å²) in [5.41, 5.74) is 0.559. The topological polar surface area (TPSA) is 15.3 Å². The molecule has 0 aromatic heterocycles. The van der Waals surface area contributed by atoms with E-state index in [1.54, 1.807) is 0 Å². The average molecular weight is 242 g/mol. The highest BCUT2D eigenvalue weighted by atomic mass is 28.1.